The van der Waals surface area contributed by atoms with Gasteiger partial charge in [0.05, 0.1) is 26.1 Å². The minimum atomic E-state index is -0.288. The summed E-state index contributed by atoms with van der Waals surface area (Å²) in [7, 11) is 3.14. The van der Waals surface area contributed by atoms with Crippen molar-refractivity contribution in [3.63, 3.8) is 0 Å². The normalized spacial score (nSPS) is 10.8. The van der Waals surface area contributed by atoms with Crippen LogP contribution in [0.3, 0.4) is 0 Å². The minimum Gasteiger partial charge on any atom is -0.493 e. The number of carbonyl (C=O) groups is 1. The van der Waals surface area contributed by atoms with Crippen molar-refractivity contribution in [2.75, 3.05) is 14.2 Å². The topological polar surface area (TPSA) is 72.8 Å². The zero-order valence-electron chi connectivity index (χ0n) is 15.2. The zero-order valence-corrected chi connectivity index (χ0v) is 16.0. The number of aryl methyl sites for hydroxylation is 1. The summed E-state index contributed by atoms with van der Waals surface area (Å²) in [6.07, 6.45) is 1.55. The SMILES string of the molecule is COc1ccc(/C=N/NC(=O)c2sc(-c3ccccc3)nc2C)cc1OC. The molecule has 3 rings (SSSR count). The van der Waals surface area contributed by atoms with Crippen molar-refractivity contribution < 1.29 is 14.3 Å². The quantitative estimate of drug-likeness (QED) is 0.519. The molecule has 0 radical (unpaired) electrons. The molecule has 1 heterocycles. The summed E-state index contributed by atoms with van der Waals surface area (Å²) in [6, 6.07) is 15.1. The molecule has 0 saturated carbocycles. The molecule has 0 unspecified atom stereocenters. The highest BCUT2D eigenvalue weighted by Crippen LogP contribution is 2.28. The van der Waals surface area contributed by atoms with Crippen molar-refractivity contribution in [2.45, 2.75) is 6.92 Å². The van der Waals surface area contributed by atoms with Crippen LogP contribution in [0.4, 0.5) is 0 Å². The van der Waals surface area contributed by atoms with Crippen molar-refractivity contribution in [3.8, 4) is 22.1 Å². The predicted octanol–water partition coefficient (Wildman–Crippen LogP) is 3.90. The van der Waals surface area contributed by atoms with Gasteiger partial charge in [-0.2, -0.15) is 5.10 Å². The Morgan fingerprint density at radius 1 is 1.11 bits per heavy atom. The molecule has 138 valence electrons. The third kappa shape index (κ3) is 4.32. The van der Waals surface area contributed by atoms with Gasteiger partial charge in [0, 0.05) is 5.56 Å². The molecule has 27 heavy (non-hydrogen) atoms. The van der Waals surface area contributed by atoms with E-state index in [0.717, 1.165) is 16.1 Å². The molecule has 0 spiro atoms. The first-order valence-corrected chi connectivity index (χ1v) is 9.02. The fourth-order valence-electron chi connectivity index (χ4n) is 2.46. The number of methoxy groups -OCH3 is 2. The van der Waals surface area contributed by atoms with Crippen LogP contribution >= 0.6 is 11.3 Å². The average Bonchev–Trinajstić information content (AvgIpc) is 3.10. The fourth-order valence-corrected chi connectivity index (χ4v) is 3.42. The van der Waals surface area contributed by atoms with E-state index in [-0.39, 0.29) is 5.91 Å². The summed E-state index contributed by atoms with van der Waals surface area (Å²) in [6.45, 7) is 1.82. The van der Waals surface area contributed by atoms with E-state index in [2.05, 4.69) is 15.5 Å². The van der Waals surface area contributed by atoms with Crippen molar-refractivity contribution in [1.82, 2.24) is 10.4 Å². The molecule has 0 fully saturated rings. The molecule has 0 aliphatic rings. The largest absolute Gasteiger partial charge is 0.493 e. The molecule has 0 aliphatic carbocycles. The number of hydrogen-bond donors (Lipinski definition) is 1. The number of carbonyl (C=O) groups excluding carboxylic acids is 1. The summed E-state index contributed by atoms with van der Waals surface area (Å²) < 4.78 is 10.5. The van der Waals surface area contributed by atoms with E-state index < -0.39 is 0 Å². The maximum Gasteiger partial charge on any atom is 0.283 e. The van der Waals surface area contributed by atoms with Crippen LogP contribution in [0.2, 0.25) is 0 Å². The Morgan fingerprint density at radius 2 is 1.85 bits per heavy atom. The Labute approximate surface area is 161 Å². The van der Waals surface area contributed by atoms with Crippen LogP contribution in [0.15, 0.2) is 53.6 Å². The zero-order chi connectivity index (χ0) is 19.2. The molecular formula is C20H19N3O3S. The smallest absolute Gasteiger partial charge is 0.283 e. The minimum absolute atomic E-state index is 0.288. The van der Waals surface area contributed by atoms with Gasteiger partial charge in [0.2, 0.25) is 0 Å². The van der Waals surface area contributed by atoms with Gasteiger partial charge in [-0.3, -0.25) is 4.79 Å². The van der Waals surface area contributed by atoms with E-state index >= 15 is 0 Å². The van der Waals surface area contributed by atoms with Crippen LogP contribution in [0.5, 0.6) is 11.5 Å². The second kappa shape index (κ2) is 8.46. The second-order valence-electron chi connectivity index (χ2n) is 5.61. The summed E-state index contributed by atoms with van der Waals surface area (Å²) in [5.41, 5.74) is 4.99. The van der Waals surface area contributed by atoms with E-state index in [1.165, 1.54) is 11.3 Å². The molecule has 6 nitrogen and oxygen atoms in total. The Hall–Kier alpha value is -3.19. The number of nitrogens with one attached hydrogen (secondary N) is 1. The van der Waals surface area contributed by atoms with Gasteiger partial charge >= 0.3 is 0 Å². The van der Waals surface area contributed by atoms with Gasteiger partial charge in [-0.25, -0.2) is 10.4 Å². The lowest BCUT2D eigenvalue weighted by Gasteiger charge is -2.07. The van der Waals surface area contributed by atoms with Crippen LogP contribution in [0.25, 0.3) is 10.6 Å². The molecular weight excluding hydrogens is 362 g/mol. The standard InChI is InChI=1S/C20H19N3O3S/c1-13-18(27-20(22-13)15-7-5-4-6-8-15)19(24)23-21-12-14-9-10-16(25-2)17(11-14)26-3/h4-12H,1-3H3,(H,23,24)/b21-12+. The first-order valence-electron chi connectivity index (χ1n) is 8.20. The van der Waals surface area contributed by atoms with E-state index in [1.807, 2.05) is 43.3 Å². The molecule has 1 amide bonds. The summed E-state index contributed by atoms with van der Waals surface area (Å²) >= 11 is 1.34. The highest BCUT2D eigenvalue weighted by molar-refractivity contribution is 7.17. The number of hydrogen-bond acceptors (Lipinski definition) is 6. The maximum absolute atomic E-state index is 12.4. The first kappa shape index (κ1) is 18.6. The summed E-state index contributed by atoms with van der Waals surface area (Å²) in [5, 5.41) is 4.84. The van der Waals surface area contributed by atoms with Gasteiger partial charge in [0.15, 0.2) is 11.5 Å². The summed E-state index contributed by atoms with van der Waals surface area (Å²) in [4.78, 5) is 17.5. The highest BCUT2D eigenvalue weighted by Gasteiger charge is 2.15. The van der Waals surface area contributed by atoms with Crippen molar-refractivity contribution in [1.29, 1.82) is 0 Å². The third-order valence-electron chi connectivity index (χ3n) is 3.81. The van der Waals surface area contributed by atoms with Crippen molar-refractivity contribution >= 4 is 23.5 Å². The van der Waals surface area contributed by atoms with Gasteiger partial charge in [-0.1, -0.05) is 30.3 Å². The summed E-state index contributed by atoms with van der Waals surface area (Å²) in [5.74, 6) is 0.940. The van der Waals surface area contributed by atoms with Crippen LogP contribution in [0, 0.1) is 6.92 Å². The van der Waals surface area contributed by atoms with Crippen LogP contribution in [0.1, 0.15) is 20.9 Å². The predicted molar refractivity (Wildman–Crippen MR) is 107 cm³/mol. The lowest BCUT2D eigenvalue weighted by atomic mass is 10.2. The number of thiazole rings is 1. The van der Waals surface area contributed by atoms with Crippen LogP contribution in [-0.4, -0.2) is 31.3 Å². The van der Waals surface area contributed by atoms with E-state index in [0.29, 0.717) is 22.1 Å². The molecule has 3 aromatic rings. The van der Waals surface area contributed by atoms with Crippen molar-refractivity contribution in [3.05, 3.63) is 64.7 Å². The average molecular weight is 381 g/mol. The molecule has 7 heteroatoms. The molecule has 0 saturated heterocycles. The number of amides is 1. The Morgan fingerprint density at radius 3 is 2.56 bits per heavy atom. The molecule has 1 aromatic heterocycles. The van der Waals surface area contributed by atoms with Gasteiger partial charge in [0.25, 0.3) is 5.91 Å². The first-order chi connectivity index (χ1) is 13.1. The third-order valence-corrected chi connectivity index (χ3v) is 5.02. The van der Waals surface area contributed by atoms with Gasteiger partial charge in [-0.05, 0) is 30.7 Å². The number of benzene rings is 2. The van der Waals surface area contributed by atoms with E-state index in [1.54, 1.807) is 32.6 Å². The number of rotatable bonds is 6. The van der Waals surface area contributed by atoms with Crippen molar-refractivity contribution in [2.24, 2.45) is 5.10 Å². The van der Waals surface area contributed by atoms with E-state index in [9.17, 15) is 4.79 Å². The number of ether oxygens (including phenoxy) is 2. The molecule has 1 N–H and O–H groups in total. The molecule has 2 aromatic carbocycles. The lowest BCUT2D eigenvalue weighted by Crippen LogP contribution is -2.17. The Balaban J connectivity index is 1.71. The monoisotopic (exact) mass is 381 g/mol. The second-order valence-corrected chi connectivity index (χ2v) is 6.61. The maximum atomic E-state index is 12.4. The number of aromatic nitrogens is 1. The Kier molecular flexibility index (Phi) is 5.83. The van der Waals surface area contributed by atoms with Crippen LogP contribution in [-0.2, 0) is 0 Å². The van der Waals surface area contributed by atoms with E-state index in [4.69, 9.17) is 9.47 Å². The molecule has 0 bridgehead atoms. The van der Waals surface area contributed by atoms with Gasteiger partial charge < -0.3 is 9.47 Å². The molecule has 0 aliphatic heterocycles. The highest BCUT2D eigenvalue weighted by atomic mass is 32.1. The van der Waals surface area contributed by atoms with Gasteiger partial charge in [-0.15, -0.1) is 11.3 Å². The fraction of sp³-hybridized carbons (Fsp3) is 0.150. The number of nitrogens with zero attached hydrogens (tertiary/aromatic N) is 2. The van der Waals surface area contributed by atoms with Gasteiger partial charge in [0.1, 0.15) is 9.88 Å². The molecule has 0 atom stereocenters. The van der Waals surface area contributed by atoms with Crippen LogP contribution < -0.4 is 14.9 Å². The number of hydrazone groups is 1. The lowest BCUT2D eigenvalue weighted by molar-refractivity contribution is 0.0958. The Bertz CT molecular complexity index is 968.